The van der Waals surface area contributed by atoms with Crippen LogP contribution in [-0.4, -0.2) is 30.4 Å². The third-order valence-corrected chi connectivity index (χ3v) is 4.95. The number of anilines is 1. The number of carbonyl (C=O) groups excluding carboxylic acids is 1. The van der Waals surface area contributed by atoms with Gasteiger partial charge in [-0.3, -0.25) is 9.48 Å². The van der Waals surface area contributed by atoms with E-state index in [1.165, 1.54) is 16.9 Å². The van der Waals surface area contributed by atoms with Gasteiger partial charge in [-0.15, -0.1) is 0 Å². The number of carbonyl (C=O) groups is 1. The fourth-order valence-electron chi connectivity index (χ4n) is 2.83. The third kappa shape index (κ3) is 4.93. The molecule has 2 aromatic heterocycles. The van der Waals surface area contributed by atoms with Crippen LogP contribution >= 0.6 is 23.2 Å². The van der Waals surface area contributed by atoms with E-state index in [2.05, 4.69) is 15.5 Å². The Morgan fingerprint density at radius 2 is 2.00 bits per heavy atom. The fraction of sp³-hybridized carbons (Fsp3) is 0.278. The third-order valence-electron chi connectivity index (χ3n) is 4.36. The van der Waals surface area contributed by atoms with Crippen molar-refractivity contribution in [1.29, 1.82) is 0 Å². The lowest BCUT2D eigenvalue weighted by molar-refractivity contribution is -0.389. The molecule has 152 valence electrons. The SMILES string of the molecule is Cc1nn(Cc2ccc(Cl)cc2Cl)c(C)c1NC(=O)CCn1ccc([N+](=O)[O-])n1. The van der Waals surface area contributed by atoms with Gasteiger partial charge in [0.15, 0.2) is 0 Å². The fourth-order valence-corrected chi connectivity index (χ4v) is 3.30. The molecule has 0 saturated heterocycles. The Hall–Kier alpha value is -2.91. The first kappa shape index (κ1) is 20.8. The maximum absolute atomic E-state index is 12.3. The zero-order valence-corrected chi connectivity index (χ0v) is 17.2. The number of benzene rings is 1. The molecule has 1 aromatic carbocycles. The molecule has 11 heteroatoms. The van der Waals surface area contributed by atoms with Crippen molar-refractivity contribution in [2.75, 3.05) is 5.32 Å². The zero-order valence-electron chi connectivity index (χ0n) is 15.7. The summed E-state index contributed by atoms with van der Waals surface area (Å²) in [4.78, 5) is 22.4. The molecule has 3 rings (SSSR count). The van der Waals surface area contributed by atoms with Crippen molar-refractivity contribution in [3.05, 3.63) is 67.6 Å². The molecule has 0 radical (unpaired) electrons. The molecule has 0 aliphatic rings. The van der Waals surface area contributed by atoms with E-state index in [-0.39, 0.29) is 24.7 Å². The van der Waals surface area contributed by atoms with E-state index in [9.17, 15) is 14.9 Å². The van der Waals surface area contributed by atoms with Crippen molar-refractivity contribution in [1.82, 2.24) is 19.6 Å². The highest BCUT2D eigenvalue weighted by molar-refractivity contribution is 6.35. The van der Waals surface area contributed by atoms with E-state index >= 15 is 0 Å². The van der Waals surface area contributed by atoms with Gasteiger partial charge in [-0.2, -0.15) is 9.78 Å². The summed E-state index contributed by atoms with van der Waals surface area (Å²) in [5.41, 5.74) is 2.96. The van der Waals surface area contributed by atoms with Crippen LogP contribution in [0.3, 0.4) is 0 Å². The van der Waals surface area contributed by atoms with Crippen LogP contribution in [0, 0.1) is 24.0 Å². The number of nitrogens with zero attached hydrogens (tertiary/aromatic N) is 5. The van der Waals surface area contributed by atoms with Gasteiger partial charge < -0.3 is 15.4 Å². The number of aryl methyl sites for hydroxylation is 2. The number of hydrogen-bond donors (Lipinski definition) is 1. The Morgan fingerprint density at radius 1 is 1.24 bits per heavy atom. The average molecular weight is 437 g/mol. The highest BCUT2D eigenvalue weighted by Crippen LogP contribution is 2.25. The maximum Gasteiger partial charge on any atom is 0.389 e. The minimum absolute atomic E-state index is 0.117. The van der Waals surface area contributed by atoms with Gasteiger partial charge >= 0.3 is 5.82 Å². The summed E-state index contributed by atoms with van der Waals surface area (Å²) in [7, 11) is 0. The van der Waals surface area contributed by atoms with Crippen molar-refractivity contribution in [3.8, 4) is 0 Å². The van der Waals surface area contributed by atoms with Crippen LogP contribution in [0.4, 0.5) is 11.5 Å². The molecular weight excluding hydrogens is 419 g/mol. The molecule has 0 fully saturated rings. The predicted octanol–water partition coefficient (Wildman–Crippen LogP) is 3.99. The quantitative estimate of drug-likeness (QED) is 0.444. The zero-order chi connectivity index (χ0) is 21.1. The summed E-state index contributed by atoms with van der Waals surface area (Å²) < 4.78 is 3.13. The first-order chi connectivity index (χ1) is 13.7. The molecule has 0 aliphatic carbocycles. The first-order valence-electron chi connectivity index (χ1n) is 8.70. The van der Waals surface area contributed by atoms with Crippen molar-refractivity contribution in [2.24, 2.45) is 0 Å². The van der Waals surface area contributed by atoms with Gasteiger partial charge in [-0.1, -0.05) is 29.3 Å². The Bertz CT molecular complexity index is 1080. The van der Waals surface area contributed by atoms with Crippen molar-refractivity contribution in [2.45, 2.75) is 33.4 Å². The van der Waals surface area contributed by atoms with Gasteiger partial charge in [-0.05, 0) is 36.5 Å². The molecule has 9 nitrogen and oxygen atoms in total. The van der Waals surface area contributed by atoms with Gasteiger partial charge in [0, 0.05) is 16.5 Å². The van der Waals surface area contributed by atoms with E-state index in [0.717, 1.165) is 11.3 Å². The smallest absolute Gasteiger partial charge is 0.358 e. The number of hydrogen-bond acceptors (Lipinski definition) is 5. The van der Waals surface area contributed by atoms with E-state index < -0.39 is 4.92 Å². The molecule has 0 aliphatic heterocycles. The number of amides is 1. The molecule has 0 saturated carbocycles. The van der Waals surface area contributed by atoms with Crippen LogP contribution in [0.5, 0.6) is 0 Å². The molecule has 1 amide bonds. The van der Waals surface area contributed by atoms with Crippen molar-refractivity contribution >= 4 is 40.6 Å². The van der Waals surface area contributed by atoms with Gasteiger partial charge in [0.25, 0.3) is 0 Å². The van der Waals surface area contributed by atoms with Crippen LogP contribution in [0.1, 0.15) is 23.4 Å². The number of halogens is 2. The summed E-state index contributed by atoms with van der Waals surface area (Å²) in [6.07, 6.45) is 1.59. The monoisotopic (exact) mass is 436 g/mol. The van der Waals surface area contributed by atoms with Gasteiger partial charge in [0.2, 0.25) is 5.91 Å². The predicted molar refractivity (Wildman–Crippen MR) is 109 cm³/mol. The summed E-state index contributed by atoms with van der Waals surface area (Å²) in [5, 5.41) is 22.9. The first-order valence-corrected chi connectivity index (χ1v) is 9.46. The molecule has 2 heterocycles. The van der Waals surface area contributed by atoms with E-state index in [4.69, 9.17) is 23.2 Å². The molecule has 3 aromatic rings. The highest BCUT2D eigenvalue weighted by atomic mass is 35.5. The summed E-state index contributed by atoms with van der Waals surface area (Å²) in [6, 6.07) is 6.56. The molecular formula is C18H18Cl2N6O3. The minimum Gasteiger partial charge on any atom is -0.358 e. The van der Waals surface area contributed by atoms with Crippen LogP contribution in [0.2, 0.25) is 10.0 Å². The number of nitrogens with one attached hydrogen (secondary N) is 1. The molecule has 1 N–H and O–H groups in total. The average Bonchev–Trinajstić information content (AvgIpc) is 3.23. The number of nitro groups is 1. The van der Waals surface area contributed by atoms with E-state index in [1.807, 2.05) is 13.0 Å². The second-order valence-corrected chi connectivity index (χ2v) is 7.28. The van der Waals surface area contributed by atoms with Crippen LogP contribution in [0.25, 0.3) is 0 Å². The van der Waals surface area contributed by atoms with Crippen molar-refractivity contribution in [3.63, 3.8) is 0 Å². The molecule has 0 bridgehead atoms. The van der Waals surface area contributed by atoms with Crippen LogP contribution in [-0.2, 0) is 17.9 Å². The molecule has 0 atom stereocenters. The molecule has 0 unspecified atom stereocenters. The number of aromatic nitrogens is 4. The van der Waals surface area contributed by atoms with Gasteiger partial charge in [0.1, 0.15) is 0 Å². The summed E-state index contributed by atoms with van der Waals surface area (Å²) >= 11 is 12.2. The normalized spacial score (nSPS) is 10.9. The summed E-state index contributed by atoms with van der Waals surface area (Å²) in [6.45, 7) is 4.33. The lowest BCUT2D eigenvalue weighted by atomic mass is 10.2. The largest absolute Gasteiger partial charge is 0.389 e. The molecule has 0 spiro atoms. The van der Waals surface area contributed by atoms with E-state index in [1.54, 1.807) is 23.7 Å². The van der Waals surface area contributed by atoms with Crippen molar-refractivity contribution < 1.29 is 9.72 Å². The van der Waals surface area contributed by atoms with Crippen LogP contribution in [0.15, 0.2) is 30.5 Å². The Kier molecular flexibility index (Phi) is 6.19. The van der Waals surface area contributed by atoms with Gasteiger partial charge in [0.05, 0.1) is 47.5 Å². The lowest BCUT2D eigenvalue weighted by Gasteiger charge is -2.08. The second kappa shape index (κ2) is 8.62. The topological polar surface area (TPSA) is 108 Å². The van der Waals surface area contributed by atoms with E-state index in [0.29, 0.717) is 28.0 Å². The Balaban J connectivity index is 1.66. The summed E-state index contributed by atoms with van der Waals surface area (Å²) in [5.74, 6) is -0.488. The highest BCUT2D eigenvalue weighted by Gasteiger charge is 2.16. The second-order valence-electron chi connectivity index (χ2n) is 6.43. The lowest BCUT2D eigenvalue weighted by Crippen LogP contribution is -2.16. The minimum atomic E-state index is -0.579. The Labute approximate surface area is 176 Å². The maximum atomic E-state index is 12.3. The number of rotatable bonds is 7. The standard InChI is InChI=1S/C18H18Cl2N6O3/c1-11-18(21-17(27)6-8-24-7-5-16(23-24)26(28)29)12(2)25(22-11)10-13-3-4-14(19)9-15(13)20/h3-5,7,9H,6,8,10H2,1-2H3,(H,21,27). The van der Waals surface area contributed by atoms with Gasteiger partial charge in [-0.25, -0.2) is 0 Å². The Morgan fingerprint density at radius 3 is 2.66 bits per heavy atom. The van der Waals surface area contributed by atoms with Crippen LogP contribution < -0.4 is 5.32 Å². The molecule has 29 heavy (non-hydrogen) atoms.